The molecule has 2 atom stereocenters. The molecule has 1 N–H and O–H groups in total. The lowest BCUT2D eigenvalue weighted by molar-refractivity contribution is -0.136. The van der Waals surface area contributed by atoms with Crippen LogP contribution in [0, 0.1) is 0 Å². The summed E-state index contributed by atoms with van der Waals surface area (Å²) in [6.45, 7) is 2.40. The van der Waals surface area contributed by atoms with Crippen LogP contribution in [0.15, 0.2) is 18.2 Å². The maximum Gasteiger partial charge on any atom is 0.256 e. The number of carbonyl (C=O) groups is 1. The van der Waals surface area contributed by atoms with E-state index in [1.54, 1.807) is 0 Å². The number of rotatable bonds is 6. The standard InChI is InChI=1S/C15H20O4/c1-2-18-15(10-17)19-14-8-4-6-12-11(9-16)5-3-7-13(12)14/h4,6,8,10-11,15-16H,2-3,5,7,9H2,1H3. The van der Waals surface area contributed by atoms with Crippen LogP contribution in [-0.4, -0.2) is 30.9 Å². The summed E-state index contributed by atoms with van der Waals surface area (Å²) in [7, 11) is 0. The van der Waals surface area contributed by atoms with Gasteiger partial charge in [-0.3, -0.25) is 4.79 Å². The van der Waals surface area contributed by atoms with Gasteiger partial charge in [0.2, 0.25) is 0 Å². The van der Waals surface area contributed by atoms with Crippen LogP contribution in [0.2, 0.25) is 0 Å². The summed E-state index contributed by atoms with van der Waals surface area (Å²) in [6.07, 6.45) is 2.75. The molecule has 4 nitrogen and oxygen atoms in total. The Bertz CT molecular complexity index is 430. The van der Waals surface area contributed by atoms with Crippen LogP contribution in [0.25, 0.3) is 0 Å². The molecule has 2 unspecified atom stereocenters. The lowest BCUT2D eigenvalue weighted by Crippen LogP contribution is -2.23. The Hall–Kier alpha value is -1.39. The Morgan fingerprint density at radius 3 is 3.05 bits per heavy atom. The van der Waals surface area contributed by atoms with Crippen molar-refractivity contribution in [2.75, 3.05) is 13.2 Å². The zero-order valence-corrected chi connectivity index (χ0v) is 11.2. The van der Waals surface area contributed by atoms with Crippen molar-refractivity contribution < 1.29 is 19.4 Å². The van der Waals surface area contributed by atoms with Gasteiger partial charge < -0.3 is 14.6 Å². The Balaban J connectivity index is 2.24. The summed E-state index contributed by atoms with van der Waals surface area (Å²) in [5, 5.41) is 9.42. The highest BCUT2D eigenvalue weighted by Gasteiger charge is 2.23. The molecular formula is C15H20O4. The molecule has 0 amide bonds. The first kappa shape index (κ1) is 14.0. The molecule has 0 radical (unpaired) electrons. The average Bonchev–Trinajstić information content (AvgIpc) is 2.46. The summed E-state index contributed by atoms with van der Waals surface area (Å²) in [4.78, 5) is 10.9. The Labute approximate surface area is 113 Å². The highest BCUT2D eigenvalue weighted by atomic mass is 16.7. The summed E-state index contributed by atoms with van der Waals surface area (Å²) in [5.41, 5.74) is 2.23. The third-order valence-electron chi connectivity index (χ3n) is 3.49. The van der Waals surface area contributed by atoms with Crippen molar-refractivity contribution in [2.45, 2.75) is 38.4 Å². The smallest absolute Gasteiger partial charge is 0.256 e. The van der Waals surface area contributed by atoms with Gasteiger partial charge in [-0.15, -0.1) is 0 Å². The number of carbonyl (C=O) groups excluding carboxylic acids is 1. The van der Waals surface area contributed by atoms with Crippen molar-refractivity contribution in [3.63, 3.8) is 0 Å². The van der Waals surface area contributed by atoms with Crippen molar-refractivity contribution in [2.24, 2.45) is 0 Å². The van der Waals surface area contributed by atoms with Crippen molar-refractivity contribution in [1.29, 1.82) is 0 Å². The fraction of sp³-hybridized carbons (Fsp3) is 0.533. The van der Waals surface area contributed by atoms with E-state index in [2.05, 4.69) is 0 Å². The van der Waals surface area contributed by atoms with E-state index in [9.17, 15) is 9.90 Å². The Morgan fingerprint density at radius 2 is 2.37 bits per heavy atom. The molecule has 19 heavy (non-hydrogen) atoms. The van der Waals surface area contributed by atoms with E-state index in [0.717, 1.165) is 30.4 Å². The number of hydrogen-bond donors (Lipinski definition) is 1. The van der Waals surface area contributed by atoms with Crippen molar-refractivity contribution in [3.8, 4) is 5.75 Å². The third-order valence-corrected chi connectivity index (χ3v) is 3.49. The first-order valence-corrected chi connectivity index (χ1v) is 6.76. The lowest BCUT2D eigenvalue weighted by Gasteiger charge is -2.26. The van der Waals surface area contributed by atoms with E-state index in [1.165, 1.54) is 0 Å². The maximum absolute atomic E-state index is 10.9. The van der Waals surface area contributed by atoms with Gasteiger partial charge in [0.15, 0.2) is 6.29 Å². The molecule has 2 rings (SSSR count). The average molecular weight is 264 g/mol. The van der Waals surface area contributed by atoms with Crippen LogP contribution in [0.5, 0.6) is 5.75 Å². The van der Waals surface area contributed by atoms with Gasteiger partial charge in [0.1, 0.15) is 5.75 Å². The molecule has 1 aromatic carbocycles. The molecule has 0 saturated heterocycles. The van der Waals surface area contributed by atoms with Crippen LogP contribution >= 0.6 is 0 Å². The summed E-state index contributed by atoms with van der Waals surface area (Å²) >= 11 is 0. The van der Waals surface area contributed by atoms with E-state index in [-0.39, 0.29) is 12.5 Å². The number of aliphatic hydroxyl groups excluding tert-OH is 1. The molecule has 0 aromatic heterocycles. The van der Waals surface area contributed by atoms with E-state index in [4.69, 9.17) is 9.47 Å². The van der Waals surface area contributed by atoms with Gasteiger partial charge in [-0.1, -0.05) is 12.1 Å². The van der Waals surface area contributed by atoms with E-state index < -0.39 is 6.29 Å². The zero-order chi connectivity index (χ0) is 13.7. The van der Waals surface area contributed by atoms with Crippen LogP contribution in [-0.2, 0) is 16.0 Å². The minimum Gasteiger partial charge on any atom is -0.457 e. The molecule has 1 aromatic rings. The SMILES string of the molecule is CCOC(C=O)Oc1cccc2c1CCCC2CO. The van der Waals surface area contributed by atoms with Gasteiger partial charge >= 0.3 is 0 Å². The molecule has 0 aliphatic heterocycles. The van der Waals surface area contributed by atoms with Gasteiger partial charge in [0.05, 0.1) is 0 Å². The van der Waals surface area contributed by atoms with Crippen LogP contribution < -0.4 is 4.74 Å². The predicted octanol–water partition coefficient (Wildman–Crippen LogP) is 2.04. The van der Waals surface area contributed by atoms with E-state index >= 15 is 0 Å². The van der Waals surface area contributed by atoms with Gasteiger partial charge in [-0.05, 0) is 43.4 Å². The number of ether oxygens (including phenoxy) is 2. The number of aldehydes is 1. The molecule has 0 saturated carbocycles. The largest absolute Gasteiger partial charge is 0.457 e. The third kappa shape index (κ3) is 3.14. The fourth-order valence-corrected chi connectivity index (χ4v) is 2.60. The highest BCUT2D eigenvalue weighted by Crippen LogP contribution is 2.36. The second-order valence-corrected chi connectivity index (χ2v) is 4.67. The van der Waals surface area contributed by atoms with Crippen molar-refractivity contribution >= 4 is 6.29 Å². The molecule has 0 spiro atoms. The number of benzene rings is 1. The number of fused-ring (bicyclic) bond motifs is 1. The fourth-order valence-electron chi connectivity index (χ4n) is 2.60. The van der Waals surface area contributed by atoms with Crippen molar-refractivity contribution in [1.82, 2.24) is 0 Å². The molecular weight excluding hydrogens is 244 g/mol. The monoisotopic (exact) mass is 264 g/mol. The summed E-state index contributed by atoms with van der Waals surface area (Å²) in [5.74, 6) is 0.871. The van der Waals surface area contributed by atoms with Gasteiger partial charge in [0, 0.05) is 19.1 Å². The normalized spacial score (nSPS) is 19.6. The zero-order valence-electron chi connectivity index (χ0n) is 11.2. The molecule has 104 valence electrons. The number of hydrogen-bond acceptors (Lipinski definition) is 4. The number of aliphatic hydroxyl groups is 1. The summed E-state index contributed by atoms with van der Waals surface area (Å²) < 4.78 is 10.8. The van der Waals surface area contributed by atoms with Crippen LogP contribution in [0.3, 0.4) is 0 Å². The van der Waals surface area contributed by atoms with Crippen LogP contribution in [0.1, 0.15) is 36.8 Å². The Morgan fingerprint density at radius 1 is 1.53 bits per heavy atom. The predicted molar refractivity (Wildman–Crippen MR) is 71.3 cm³/mol. The minimum absolute atomic E-state index is 0.152. The molecule has 0 heterocycles. The first-order chi connectivity index (χ1) is 9.30. The molecule has 0 fully saturated rings. The summed E-state index contributed by atoms with van der Waals surface area (Å²) in [6, 6.07) is 5.78. The second-order valence-electron chi connectivity index (χ2n) is 4.67. The molecule has 1 aliphatic carbocycles. The Kier molecular flexibility index (Phi) is 4.93. The van der Waals surface area contributed by atoms with Crippen LogP contribution in [0.4, 0.5) is 0 Å². The highest BCUT2D eigenvalue weighted by molar-refractivity contribution is 5.55. The molecule has 0 bridgehead atoms. The lowest BCUT2D eigenvalue weighted by atomic mass is 9.83. The van der Waals surface area contributed by atoms with Gasteiger partial charge in [-0.25, -0.2) is 0 Å². The van der Waals surface area contributed by atoms with Gasteiger partial charge in [0.25, 0.3) is 6.29 Å². The van der Waals surface area contributed by atoms with E-state index in [1.807, 2.05) is 25.1 Å². The minimum atomic E-state index is -0.856. The van der Waals surface area contributed by atoms with Gasteiger partial charge in [-0.2, -0.15) is 0 Å². The topological polar surface area (TPSA) is 55.8 Å². The molecule has 1 aliphatic rings. The molecule has 4 heteroatoms. The quantitative estimate of drug-likeness (QED) is 0.631. The maximum atomic E-state index is 10.9. The van der Waals surface area contributed by atoms with E-state index in [0.29, 0.717) is 18.6 Å². The van der Waals surface area contributed by atoms with Crippen molar-refractivity contribution in [3.05, 3.63) is 29.3 Å². The first-order valence-electron chi connectivity index (χ1n) is 6.76. The second kappa shape index (κ2) is 6.68.